The third kappa shape index (κ3) is 40.5. The summed E-state index contributed by atoms with van der Waals surface area (Å²) in [6, 6.07) is 9.13. The summed E-state index contributed by atoms with van der Waals surface area (Å²) in [4.78, 5) is 83.8. The number of carbonyl (C=O) groups excluding carboxylic acids is 8. The zero-order valence-electron chi connectivity index (χ0n) is 71.3. The number of cyclic esters (lactones) is 16. The van der Waals surface area contributed by atoms with Crippen LogP contribution >= 0.6 is 0 Å². The molecule has 8 aliphatic heterocycles. The van der Waals surface area contributed by atoms with Crippen LogP contribution < -0.4 is 9.47 Å². The first-order valence-electron chi connectivity index (χ1n) is 37.3. The van der Waals surface area contributed by atoms with Crippen LogP contribution in [0.5, 0.6) is 11.5 Å². The Morgan fingerprint density at radius 2 is 0.715 bits per heavy atom. The molecule has 0 radical (unpaired) electrons. The molecule has 8 heterocycles. The first-order chi connectivity index (χ1) is 59.8. The summed E-state index contributed by atoms with van der Waals surface area (Å²) >= 11 is 0. The molecule has 2 aromatic carbocycles. The van der Waals surface area contributed by atoms with Gasteiger partial charge in [-0.05, 0) is 39.4 Å². The van der Waals surface area contributed by atoms with Crippen molar-refractivity contribution in [3.05, 3.63) is 118 Å². The Hall–Kier alpha value is -10.5. The molecule has 8 aliphatic rings. The largest absolute Gasteiger partial charge is 0.511 e. The number of carbonyl (C=O) groups is 8. The van der Waals surface area contributed by atoms with Crippen LogP contribution in [0.4, 0.5) is 126 Å². The van der Waals surface area contributed by atoms with E-state index < -0.39 is 232 Å². The Bertz CT molecular complexity index is 4300. The van der Waals surface area contributed by atoms with Crippen LogP contribution in [0.1, 0.15) is 62.3 Å². The predicted octanol–water partition coefficient (Wildman–Crippen LogP) is 19.2. The number of halogens is 20. The lowest BCUT2D eigenvalue weighted by Crippen LogP contribution is -2.39. The molecule has 130 heavy (non-hydrogen) atoms. The molecule has 0 N–H and O–H groups in total. The molecular formula is C75H90F20O32Si3. The molecule has 8 saturated heterocycles. The number of rotatable bonds is 23. The lowest BCUT2D eigenvalue weighted by molar-refractivity contribution is -0.115. The van der Waals surface area contributed by atoms with E-state index in [1.807, 2.05) is 72.8 Å². The SMILES string of the molecule is CC(C)(C)[Si](C)(C)/C(F)=C(\F)COC1COC(=O)O1.CC(C)(C)[Si](C)(C)/C(F)=C/COC1COC(=O)O1.CC(C)(C)[Si](C)(C)C#CCOC1COC(=O)O1.O=C1OCC(OC/C(F)=C(/F)C(F)(F)F)O1.O=C1OCC(OC/C=C(/F)C(F)(F)F)O1.O=C1OCC(OC/C=C\C(F)(F)F)O1.O=C1OCC(Oc2c(F)c(F)c(F)c(F)c2F)O1.O=C1OCC(Oc2ccccc2)O1. The van der Waals surface area contributed by atoms with Gasteiger partial charge in [0.2, 0.25) is 84.2 Å². The maximum absolute atomic E-state index is 14.2. The zero-order valence-corrected chi connectivity index (χ0v) is 74.3. The molecule has 8 atom stereocenters. The Morgan fingerprint density at radius 3 is 1.05 bits per heavy atom. The highest BCUT2D eigenvalue weighted by atomic mass is 28.3. The van der Waals surface area contributed by atoms with Gasteiger partial charge in [-0.1, -0.05) is 132 Å². The summed E-state index contributed by atoms with van der Waals surface area (Å²) in [7, 11) is -6.24. The third-order valence-electron chi connectivity index (χ3n) is 18.0. The molecule has 0 aliphatic carbocycles. The summed E-state index contributed by atoms with van der Waals surface area (Å²) in [6.45, 7) is 27.0. The Balaban J connectivity index is 0.000000384. The first kappa shape index (κ1) is 114. The minimum atomic E-state index is -5.41. The minimum absolute atomic E-state index is 0.0463. The van der Waals surface area contributed by atoms with Gasteiger partial charge in [0.1, 0.15) is 55.2 Å². The van der Waals surface area contributed by atoms with Crippen LogP contribution in [0.15, 0.2) is 88.8 Å². The lowest BCUT2D eigenvalue weighted by Gasteiger charge is -2.35. The van der Waals surface area contributed by atoms with Gasteiger partial charge in [0.25, 0.3) is 12.6 Å². The molecule has 0 amide bonds. The summed E-state index contributed by atoms with van der Waals surface area (Å²) < 4.78 is 357. The van der Waals surface area contributed by atoms with Crippen molar-refractivity contribution in [2.45, 2.75) is 186 Å². The smallest absolute Gasteiger partial charge is 0.451 e. The van der Waals surface area contributed by atoms with Crippen LogP contribution in [0.25, 0.3) is 0 Å². The number of para-hydroxylation sites is 1. The van der Waals surface area contributed by atoms with E-state index in [1.165, 1.54) is 6.08 Å². The topological polar surface area (TPSA) is 358 Å². The zero-order chi connectivity index (χ0) is 98.9. The van der Waals surface area contributed by atoms with E-state index in [2.05, 4.69) is 131 Å². The highest BCUT2D eigenvalue weighted by Gasteiger charge is 2.45. The van der Waals surface area contributed by atoms with Crippen molar-refractivity contribution >= 4 is 73.5 Å². The van der Waals surface area contributed by atoms with Gasteiger partial charge in [0, 0.05) is 6.08 Å². The third-order valence-corrected chi connectivity index (χ3v) is 32.8. The van der Waals surface area contributed by atoms with E-state index in [9.17, 15) is 126 Å². The first-order valence-corrected chi connectivity index (χ1v) is 46.3. The van der Waals surface area contributed by atoms with E-state index in [4.69, 9.17) is 28.4 Å². The number of hydrogen-bond acceptors (Lipinski definition) is 32. The predicted molar refractivity (Wildman–Crippen MR) is 403 cm³/mol. The van der Waals surface area contributed by atoms with Crippen LogP contribution in [0, 0.1) is 40.6 Å². The van der Waals surface area contributed by atoms with Crippen molar-refractivity contribution in [3.8, 4) is 23.0 Å². The Morgan fingerprint density at radius 1 is 0.392 bits per heavy atom. The molecule has 0 aromatic heterocycles. The van der Waals surface area contributed by atoms with Crippen molar-refractivity contribution in [2.24, 2.45) is 0 Å². The van der Waals surface area contributed by atoms with E-state index in [0.717, 1.165) is 6.08 Å². The number of benzene rings is 2. The van der Waals surface area contributed by atoms with Crippen molar-refractivity contribution < 1.29 is 240 Å². The maximum Gasteiger partial charge on any atom is 0.511 e. The van der Waals surface area contributed by atoms with Crippen molar-refractivity contribution in [3.63, 3.8) is 0 Å². The van der Waals surface area contributed by atoms with Gasteiger partial charge in [-0.3, -0.25) is 0 Å². The second kappa shape index (κ2) is 50.8. The number of alkyl halides is 9. The van der Waals surface area contributed by atoms with E-state index in [-0.39, 0.29) is 98.8 Å². The summed E-state index contributed by atoms with van der Waals surface area (Å²) in [5, 5.41) is -0.128. The van der Waals surface area contributed by atoms with Crippen molar-refractivity contribution in [1.82, 2.24) is 0 Å². The average molecular weight is 1970 g/mol. The molecule has 10 rings (SSSR count). The van der Waals surface area contributed by atoms with E-state index >= 15 is 0 Å². The van der Waals surface area contributed by atoms with E-state index in [1.54, 1.807) is 25.2 Å². The highest BCUT2D eigenvalue weighted by Crippen LogP contribution is 2.44. The normalized spacial score (nSPS) is 21.3. The molecule has 8 unspecified atom stereocenters. The molecule has 55 heteroatoms. The summed E-state index contributed by atoms with van der Waals surface area (Å²) in [6.07, 6.45) is -27.2. The fourth-order valence-corrected chi connectivity index (χ4v) is 11.6. The van der Waals surface area contributed by atoms with Crippen molar-refractivity contribution in [2.75, 3.05) is 92.5 Å². The van der Waals surface area contributed by atoms with Gasteiger partial charge in [-0.2, -0.15) is 52.7 Å². The number of allylic oxidation sites excluding steroid dienone is 3. The molecule has 0 spiro atoms. The lowest BCUT2D eigenvalue weighted by atomic mass is 10.2. The molecule has 8 fully saturated rings. The molecule has 0 bridgehead atoms. The van der Waals surface area contributed by atoms with Crippen LogP contribution in [-0.2, 0) is 104 Å². The van der Waals surface area contributed by atoms with Gasteiger partial charge < -0.3 is 114 Å². The van der Waals surface area contributed by atoms with Crippen LogP contribution in [0.2, 0.25) is 54.4 Å². The highest BCUT2D eigenvalue weighted by molar-refractivity contribution is 6.87. The molecule has 734 valence electrons. The standard InChI is InChI=1S/C12H20F2O4Si.C12H21FO4Si.C12H20O4Si.C9H3F5O4.C9H8O4.C7H5F5O4.C7H6F4O4.C7H7F3O4/c1-12(2,3)19(4,5)10(14)8(13)6-16-9-7-17-11(15)18-9;1-12(2,3)18(4,5)9(13)6-7-15-10-8-16-11(14)17-10;1-12(2,3)17(4,5)8-6-7-14-10-9-15-11(13)16-10;10-3-4(11)6(13)8(7(14)5(3)12)17-2-1-16-9(15)18-2;10-9-11-6-8(13-9)12-7-4-2-1-3-5-7;8-3(5(9)7(10,11)12)1-14-4-2-15-6(13)16-4;8-4(7(9,10)11)1-2-13-5-3-14-6(12)15-5;8-7(9,10)2-1-3-12-5-4-13-6(11)14-5/h9H,6-7H2,1-5H3;6,10H,7-8H2,1-5H3;10H,7,9H2,1-5H3;2H,1H2;1-5,8H,6H2;4H,1-2H2;1,5H,2-3H2;1-2,5H,3-4H2/b10-8-;9-6+;;;;5-3-;4-1+;2-1-. The minimum Gasteiger partial charge on any atom is -0.451 e. The number of ether oxygens (including phenoxy) is 24. The average Bonchev–Trinajstić information content (AvgIpc) is 1.64. The Labute approximate surface area is 729 Å². The monoisotopic (exact) mass is 1970 g/mol. The molecule has 2 aromatic rings. The van der Waals surface area contributed by atoms with Crippen LogP contribution in [0.3, 0.4) is 0 Å². The van der Waals surface area contributed by atoms with Gasteiger partial charge in [-0.15, -0.1) is 5.54 Å². The second-order valence-corrected chi connectivity index (χ2v) is 46.1. The van der Waals surface area contributed by atoms with Crippen LogP contribution in [-0.4, -0.2) is 235 Å². The quantitative estimate of drug-likeness (QED) is 0.0146. The van der Waals surface area contributed by atoms with E-state index in [0.29, 0.717) is 5.75 Å². The summed E-state index contributed by atoms with van der Waals surface area (Å²) in [5.41, 5.74) is 2.50. The molecule has 32 nitrogen and oxygen atoms in total. The van der Waals surface area contributed by atoms with Gasteiger partial charge in [0.05, 0.1) is 25.3 Å². The maximum atomic E-state index is 14.2. The number of hydrogen-bond donors (Lipinski definition) is 0. The fourth-order valence-electron chi connectivity index (χ4n) is 7.96. The van der Waals surface area contributed by atoms with Crippen molar-refractivity contribution in [1.29, 1.82) is 0 Å². The second-order valence-electron chi connectivity index (χ2n) is 30.7. The Kier molecular flexibility index (Phi) is 44.4. The molecule has 0 saturated carbocycles. The van der Waals surface area contributed by atoms with Gasteiger partial charge >= 0.3 is 67.8 Å². The van der Waals surface area contributed by atoms with Gasteiger partial charge in [0.15, 0.2) is 64.5 Å². The molecular weight excluding hydrogens is 1880 g/mol. The fraction of sp³-hybridized carbons (Fsp3) is 0.573. The van der Waals surface area contributed by atoms with Gasteiger partial charge in [-0.25, -0.2) is 73.5 Å². The summed E-state index contributed by atoms with van der Waals surface area (Å²) in [5.74, 6) is -17.0.